The van der Waals surface area contributed by atoms with Gasteiger partial charge in [0.05, 0.1) is 0 Å². The van der Waals surface area contributed by atoms with Gasteiger partial charge in [0.15, 0.2) is 0 Å². The van der Waals surface area contributed by atoms with Gasteiger partial charge in [-0.05, 0) is 30.0 Å². The molecule has 4 heteroatoms. The Morgan fingerprint density at radius 3 is 2.67 bits per heavy atom. The van der Waals surface area contributed by atoms with Gasteiger partial charge in [0.2, 0.25) is 5.91 Å². The summed E-state index contributed by atoms with van der Waals surface area (Å²) in [6, 6.07) is 12.7. The molecule has 0 radical (unpaired) electrons. The first kappa shape index (κ1) is 13.9. The SMILES string of the molecule is O=C(Cn1ccc(CNC2CC2)c1)NCc1ccccc1. The van der Waals surface area contributed by atoms with Gasteiger partial charge in [0, 0.05) is 31.5 Å². The number of nitrogens with zero attached hydrogens (tertiary/aromatic N) is 1. The summed E-state index contributed by atoms with van der Waals surface area (Å²) in [5.74, 6) is 0.0381. The molecule has 1 heterocycles. The molecule has 1 amide bonds. The molecule has 1 aliphatic carbocycles. The average molecular weight is 283 g/mol. The molecule has 1 saturated carbocycles. The van der Waals surface area contributed by atoms with Crippen molar-refractivity contribution in [2.75, 3.05) is 0 Å². The first-order valence-corrected chi connectivity index (χ1v) is 7.48. The zero-order chi connectivity index (χ0) is 14.5. The van der Waals surface area contributed by atoms with E-state index in [1.54, 1.807) is 0 Å². The van der Waals surface area contributed by atoms with Gasteiger partial charge in [-0.2, -0.15) is 0 Å². The van der Waals surface area contributed by atoms with Crippen molar-refractivity contribution < 1.29 is 4.79 Å². The summed E-state index contributed by atoms with van der Waals surface area (Å²) in [5, 5.41) is 6.41. The molecule has 1 aliphatic rings. The smallest absolute Gasteiger partial charge is 0.240 e. The van der Waals surface area contributed by atoms with Gasteiger partial charge >= 0.3 is 0 Å². The molecule has 0 spiro atoms. The Balaban J connectivity index is 1.43. The Kier molecular flexibility index (Phi) is 4.36. The normalized spacial score (nSPS) is 14.1. The molecule has 0 atom stereocenters. The summed E-state index contributed by atoms with van der Waals surface area (Å²) in [6.07, 6.45) is 6.59. The molecular weight excluding hydrogens is 262 g/mol. The van der Waals surface area contributed by atoms with Crippen LogP contribution in [0.5, 0.6) is 0 Å². The van der Waals surface area contributed by atoms with Crippen LogP contribution in [0.1, 0.15) is 24.0 Å². The highest BCUT2D eigenvalue weighted by Gasteiger charge is 2.19. The summed E-state index contributed by atoms with van der Waals surface area (Å²) < 4.78 is 1.93. The lowest BCUT2D eigenvalue weighted by molar-refractivity contribution is -0.121. The van der Waals surface area contributed by atoms with Crippen LogP contribution in [0, 0.1) is 0 Å². The maximum Gasteiger partial charge on any atom is 0.240 e. The van der Waals surface area contributed by atoms with Gasteiger partial charge in [-0.15, -0.1) is 0 Å². The second-order valence-electron chi connectivity index (χ2n) is 5.61. The second-order valence-corrected chi connectivity index (χ2v) is 5.61. The Morgan fingerprint density at radius 1 is 1.10 bits per heavy atom. The van der Waals surface area contributed by atoms with Crippen molar-refractivity contribution in [1.29, 1.82) is 0 Å². The number of carbonyl (C=O) groups is 1. The van der Waals surface area contributed by atoms with Crippen LogP contribution in [0.15, 0.2) is 48.8 Å². The summed E-state index contributed by atoms with van der Waals surface area (Å²) in [4.78, 5) is 11.9. The second kappa shape index (κ2) is 6.59. The quantitative estimate of drug-likeness (QED) is 0.817. The largest absolute Gasteiger partial charge is 0.350 e. The van der Waals surface area contributed by atoms with Gasteiger partial charge in [0.25, 0.3) is 0 Å². The molecule has 1 fully saturated rings. The highest BCUT2D eigenvalue weighted by molar-refractivity contribution is 5.75. The fourth-order valence-corrected chi connectivity index (χ4v) is 2.26. The minimum atomic E-state index is 0.0381. The molecule has 0 saturated heterocycles. The lowest BCUT2D eigenvalue weighted by Gasteiger charge is -2.06. The van der Waals surface area contributed by atoms with Crippen LogP contribution in [0.4, 0.5) is 0 Å². The van der Waals surface area contributed by atoms with E-state index in [-0.39, 0.29) is 5.91 Å². The number of aromatic nitrogens is 1. The van der Waals surface area contributed by atoms with Crippen molar-refractivity contribution in [3.63, 3.8) is 0 Å². The zero-order valence-corrected chi connectivity index (χ0v) is 12.1. The molecular formula is C17H21N3O. The van der Waals surface area contributed by atoms with Gasteiger partial charge in [0.1, 0.15) is 6.54 Å². The zero-order valence-electron chi connectivity index (χ0n) is 12.1. The van der Waals surface area contributed by atoms with Crippen molar-refractivity contribution in [1.82, 2.24) is 15.2 Å². The van der Waals surface area contributed by atoms with E-state index in [4.69, 9.17) is 0 Å². The standard InChI is InChI=1S/C17H21N3O/c21-17(19-10-14-4-2-1-3-5-14)13-20-9-8-15(12-20)11-18-16-6-7-16/h1-5,8-9,12,16,18H,6-7,10-11,13H2,(H,19,21). The summed E-state index contributed by atoms with van der Waals surface area (Å²) in [7, 11) is 0. The molecule has 3 rings (SSSR count). The number of nitrogens with one attached hydrogen (secondary N) is 2. The molecule has 21 heavy (non-hydrogen) atoms. The molecule has 0 unspecified atom stereocenters. The van der Waals surface area contributed by atoms with Gasteiger partial charge in [-0.25, -0.2) is 0 Å². The highest BCUT2D eigenvalue weighted by Crippen LogP contribution is 2.19. The van der Waals surface area contributed by atoms with Crippen molar-refractivity contribution in [2.45, 2.75) is 38.5 Å². The fourth-order valence-electron chi connectivity index (χ4n) is 2.26. The van der Waals surface area contributed by atoms with Crippen LogP contribution < -0.4 is 10.6 Å². The van der Waals surface area contributed by atoms with Crippen LogP contribution in [0.25, 0.3) is 0 Å². The molecule has 1 aromatic heterocycles. The van der Waals surface area contributed by atoms with Crippen molar-refractivity contribution in [3.8, 4) is 0 Å². The number of benzene rings is 1. The van der Waals surface area contributed by atoms with Crippen molar-refractivity contribution in [3.05, 3.63) is 59.9 Å². The summed E-state index contributed by atoms with van der Waals surface area (Å²) >= 11 is 0. The van der Waals surface area contributed by atoms with E-state index in [1.165, 1.54) is 18.4 Å². The molecule has 110 valence electrons. The number of hydrogen-bond acceptors (Lipinski definition) is 2. The predicted octanol–water partition coefficient (Wildman–Crippen LogP) is 2.06. The van der Waals surface area contributed by atoms with E-state index in [9.17, 15) is 4.79 Å². The van der Waals surface area contributed by atoms with Crippen LogP contribution in [-0.4, -0.2) is 16.5 Å². The van der Waals surface area contributed by atoms with Crippen molar-refractivity contribution >= 4 is 5.91 Å². The number of hydrogen-bond donors (Lipinski definition) is 2. The van der Waals surface area contributed by atoms with Gasteiger partial charge < -0.3 is 15.2 Å². The third-order valence-corrected chi connectivity index (χ3v) is 3.64. The maximum atomic E-state index is 11.9. The lowest BCUT2D eigenvalue weighted by Crippen LogP contribution is -2.26. The van der Waals surface area contributed by atoms with E-state index in [1.807, 2.05) is 47.3 Å². The highest BCUT2D eigenvalue weighted by atomic mass is 16.1. The minimum Gasteiger partial charge on any atom is -0.350 e. The monoisotopic (exact) mass is 283 g/mol. The molecule has 0 aliphatic heterocycles. The Bertz CT molecular complexity index is 587. The van der Waals surface area contributed by atoms with E-state index in [2.05, 4.69) is 16.7 Å². The van der Waals surface area contributed by atoms with Crippen molar-refractivity contribution in [2.24, 2.45) is 0 Å². The van der Waals surface area contributed by atoms with Crippen LogP contribution in [0.2, 0.25) is 0 Å². The molecule has 1 aromatic carbocycles. The average Bonchev–Trinajstić information content (AvgIpc) is 3.24. The van der Waals surface area contributed by atoms with E-state index >= 15 is 0 Å². The Morgan fingerprint density at radius 2 is 1.90 bits per heavy atom. The minimum absolute atomic E-state index is 0.0381. The van der Waals surface area contributed by atoms with Gasteiger partial charge in [-0.3, -0.25) is 4.79 Å². The van der Waals surface area contributed by atoms with Crippen LogP contribution in [0.3, 0.4) is 0 Å². The van der Waals surface area contributed by atoms with E-state index in [0.717, 1.165) is 12.1 Å². The van der Waals surface area contributed by atoms with E-state index < -0.39 is 0 Å². The van der Waals surface area contributed by atoms with E-state index in [0.29, 0.717) is 19.1 Å². The Labute approximate surface area is 125 Å². The third-order valence-electron chi connectivity index (χ3n) is 3.64. The Hall–Kier alpha value is -2.07. The third kappa shape index (κ3) is 4.46. The number of carbonyl (C=O) groups excluding carboxylic acids is 1. The topological polar surface area (TPSA) is 46.1 Å². The summed E-state index contributed by atoms with van der Waals surface area (Å²) in [6.45, 7) is 1.84. The van der Waals surface area contributed by atoms with Crippen LogP contribution in [-0.2, 0) is 24.4 Å². The summed E-state index contributed by atoms with van der Waals surface area (Å²) in [5.41, 5.74) is 2.35. The fraction of sp³-hybridized carbons (Fsp3) is 0.353. The molecule has 0 bridgehead atoms. The first-order chi connectivity index (χ1) is 10.3. The lowest BCUT2D eigenvalue weighted by atomic mass is 10.2. The molecule has 2 aromatic rings. The molecule has 4 nitrogen and oxygen atoms in total. The molecule has 2 N–H and O–H groups in total. The predicted molar refractivity (Wildman–Crippen MR) is 82.6 cm³/mol. The maximum absolute atomic E-state index is 11.9. The van der Waals surface area contributed by atoms with Crippen LogP contribution >= 0.6 is 0 Å². The first-order valence-electron chi connectivity index (χ1n) is 7.48. The van der Waals surface area contributed by atoms with Gasteiger partial charge in [-0.1, -0.05) is 30.3 Å². The number of amides is 1. The number of rotatable bonds is 7.